The number of hydrogen-bond acceptors (Lipinski definition) is 1. The molecule has 0 saturated heterocycles. The van der Waals surface area contributed by atoms with Gasteiger partial charge in [-0.05, 0) is 34.6 Å². The maximum absolute atomic E-state index is 5.75. The first-order valence-corrected chi connectivity index (χ1v) is 4.54. The van der Waals surface area contributed by atoms with Crippen molar-refractivity contribution in [2.45, 2.75) is 46.7 Å². The van der Waals surface area contributed by atoms with E-state index < -0.39 is 0 Å². The molecule has 0 saturated carbocycles. The Bertz CT molecular complexity index is 152. The van der Waals surface area contributed by atoms with Gasteiger partial charge in [-0.3, -0.25) is 5.73 Å². The molecule has 0 atom stereocenters. The highest BCUT2D eigenvalue weighted by Gasteiger charge is 2.16. The summed E-state index contributed by atoms with van der Waals surface area (Å²) in [6.07, 6.45) is 0. The van der Waals surface area contributed by atoms with E-state index in [2.05, 4.69) is 32.3 Å². The second kappa shape index (κ2) is 5.01. The summed E-state index contributed by atoms with van der Waals surface area (Å²) in [5.74, 6) is 0. The van der Waals surface area contributed by atoms with E-state index in [0.29, 0.717) is 24.7 Å². The molecular formula is C9H21N2O+. The van der Waals surface area contributed by atoms with Gasteiger partial charge >= 0.3 is 6.02 Å². The van der Waals surface area contributed by atoms with Crippen LogP contribution in [-0.2, 0) is 4.74 Å². The third kappa shape index (κ3) is 3.11. The maximum Gasteiger partial charge on any atom is 0.442 e. The van der Waals surface area contributed by atoms with Crippen LogP contribution in [0.4, 0.5) is 0 Å². The van der Waals surface area contributed by atoms with Crippen molar-refractivity contribution in [1.29, 1.82) is 0 Å². The number of ether oxygens (including phenoxy) is 1. The quantitative estimate of drug-likeness (QED) is 0.395. The predicted molar refractivity (Wildman–Crippen MR) is 51.4 cm³/mol. The van der Waals surface area contributed by atoms with Crippen molar-refractivity contribution in [2.24, 2.45) is 5.73 Å². The van der Waals surface area contributed by atoms with Gasteiger partial charge in [-0.15, -0.1) is 0 Å². The molecular weight excluding hydrogens is 152 g/mol. The van der Waals surface area contributed by atoms with Crippen molar-refractivity contribution in [1.82, 2.24) is 0 Å². The molecule has 0 aromatic heterocycles. The van der Waals surface area contributed by atoms with Gasteiger partial charge in [0.2, 0.25) is 0 Å². The molecule has 0 aliphatic heterocycles. The van der Waals surface area contributed by atoms with Crippen LogP contribution in [0.3, 0.4) is 0 Å². The molecule has 72 valence electrons. The van der Waals surface area contributed by atoms with Crippen LogP contribution in [0.1, 0.15) is 34.6 Å². The Labute approximate surface area is 75.2 Å². The molecule has 0 fully saturated rings. The molecule has 0 aromatic carbocycles. The van der Waals surface area contributed by atoms with E-state index >= 15 is 0 Å². The summed E-state index contributed by atoms with van der Waals surface area (Å²) in [4.78, 5) is 0. The minimum Gasteiger partial charge on any atom is -0.432 e. The van der Waals surface area contributed by atoms with E-state index in [4.69, 9.17) is 10.5 Å². The third-order valence-electron chi connectivity index (χ3n) is 1.66. The Morgan fingerprint density at radius 2 is 1.67 bits per heavy atom. The van der Waals surface area contributed by atoms with Gasteiger partial charge in [0.15, 0.2) is 0 Å². The molecule has 12 heavy (non-hydrogen) atoms. The first-order chi connectivity index (χ1) is 5.50. The Balaban J connectivity index is 4.56. The van der Waals surface area contributed by atoms with Crippen molar-refractivity contribution in [2.75, 3.05) is 6.61 Å². The lowest BCUT2D eigenvalue weighted by molar-refractivity contribution is -0.595. The van der Waals surface area contributed by atoms with E-state index in [0.717, 1.165) is 0 Å². The molecule has 0 spiro atoms. The van der Waals surface area contributed by atoms with Gasteiger partial charge in [0.25, 0.3) is 0 Å². The summed E-state index contributed by atoms with van der Waals surface area (Å²) in [6, 6.07) is 1.30. The van der Waals surface area contributed by atoms with E-state index in [1.165, 1.54) is 0 Å². The zero-order chi connectivity index (χ0) is 9.72. The van der Waals surface area contributed by atoms with Crippen LogP contribution in [0, 0.1) is 0 Å². The number of hydrogen-bond donors (Lipinski definition) is 1. The van der Waals surface area contributed by atoms with Crippen LogP contribution < -0.4 is 5.73 Å². The summed E-state index contributed by atoms with van der Waals surface area (Å²) in [5, 5.41) is 0. The van der Waals surface area contributed by atoms with E-state index in [1.807, 2.05) is 6.92 Å². The average Bonchev–Trinajstić information content (AvgIpc) is 1.85. The van der Waals surface area contributed by atoms with Crippen molar-refractivity contribution >= 4 is 6.02 Å². The van der Waals surface area contributed by atoms with Gasteiger partial charge in [-0.2, -0.15) is 0 Å². The fraction of sp³-hybridized carbons (Fsp3) is 0.889. The highest BCUT2D eigenvalue weighted by atomic mass is 16.5. The van der Waals surface area contributed by atoms with Gasteiger partial charge < -0.3 is 4.74 Å². The first-order valence-electron chi connectivity index (χ1n) is 4.54. The zero-order valence-electron chi connectivity index (χ0n) is 8.79. The number of amidine groups is 1. The van der Waals surface area contributed by atoms with Gasteiger partial charge in [0, 0.05) is 0 Å². The summed E-state index contributed by atoms with van der Waals surface area (Å²) < 4.78 is 7.31. The SMILES string of the molecule is CCOC(N)=[N+](C(C)C)C(C)C. The van der Waals surface area contributed by atoms with E-state index in [1.54, 1.807) is 0 Å². The summed E-state index contributed by atoms with van der Waals surface area (Å²) >= 11 is 0. The highest BCUT2D eigenvalue weighted by molar-refractivity contribution is 5.65. The van der Waals surface area contributed by atoms with Crippen LogP contribution in [0.2, 0.25) is 0 Å². The summed E-state index contributed by atoms with van der Waals surface area (Å²) in [5.41, 5.74) is 5.75. The summed E-state index contributed by atoms with van der Waals surface area (Å²) in [6.45, 7) is 11.0. The molecule has 0 radical (unpaired) electrons. The van der Waals surface area contributed by atoms with Gasteiger partial charge in [0.05, 0.1) is 18.7 Å². The maximum atomic E-state index is 5.75. The van der Waals surface area contributed by atoms with Crippen molar-refractivity contribution in [3.63, 3.8) is 0 Å². The van der Waals surface area contributed by atoms with E-state index in [-0.39, 0.29) is 0 Å². The lowest BCUT2D eigenvalue weighted by Crippen LogP contribution is -2.39. The molecule has 0 aliphatic carbocycles. The Kier molecular flexibility index (Phi) is 4.71. The van der Waals surface area contributed by atoms with Gasteiger partial charge in [-0.25, -0.2) is 4.58 Å². The largest absolute Gasteiger partial charge is 0.442 e. The van der Waals surface area contributed by atoms with E-state index in [9.17, 15) is 0 Å². The third-order valence-corrected chi connectivity index (χ3v) is 1.66. The second-order valence-corrected chi connectivity index (χ2v) is 3.37. The minimum atomic E-state index is 0.386. The normalized spacial score (nSPS) is 10.6. The number of rotatable bonds is 3. The Morgan fingerprint density at radius 1 is 1.25 bits per heavy atom. The van der Waals surface area contributed by atoms with Crippen molar-refractivity contribution in [3.8, 4) is 0 Å². The lowest BCUT2D eigenvalue weighted by Gasteiger charge is -2.16. The van der Waals surface area contributed by atoms with Crippen LogP contribution in [0.15, 0.2) is 0 Å². The average molecular weight is 173 g/mol. The van der Waals surface area contributed by atoms with Crippen LogP contribution in [0.5, 0.6) is 0 Å². The molecule has 3 heteroatoms. The van der Waals surface area contributed by atoms with Gasteiger partial charge in [-0.1, -0.05) is 0 Å². The molecule has 0 bridgehead atoms. The monoisotopic (exact) mass is 173 g/mol. The molecule has 3 nitrogen and oxygen atoms in total. The summed E-state index contributed by atoms with van der Waals surface area (Å²) in [7, 11) is 0. The molecule has 0 aromatic rings. The highest BCUT2D eigenvalue weighted by Crippen LogP contribution is 1.97. The fourth-order valence-corrected chi connectivity index (χ4v) is 1.33. The van der Waals surface area contributed by atoms with Crippen LogP contribution in [0.25, 0.3) is 0 Å². The minimum absolute atomic E-state index is 0.386. The zero-order valence-corrected chi connectivity index (χ0v) is 8.79. The smallest absolute Gasteiger partial charge is 0.432 e. The topological polar surface area (TPSA) is 38.3 Å². The molecule has 2 N–H and O–H groups in total. The Morgan fingerprint density at radius 3 is 1.92 bits per heavy atom. The van der Waals surface area contributed by atoms with Crippen LogP contribution >= 0.6 is 0 Å². The second-order valence-electron chi connectivity index (χ2n) is 3.37. The predicted octanol–water partition coefficient (Wildman–Crippen LogP) is 1.17. The molecule has 0 unspecified atom stereocenters. The van der Waals surface area contributed by atoms with Crippen molar-refractivity contribution < 1.29 is 9.31 Å². The Hall–Kier alpha value is -0.730. The molecule has 0 amide bonds. The lowest BCUT2D eigenvalue weighted by atomic mass is 10.3. The number of nitrogens with two attached hydrogens (primary N) is 1. The van der Waals surface area contributed by atoms with Gasteiger partial charge in [0.1, 0.15) is 0 Å². The molecule has 0 heterocycles. The molecule has 0 rings (SSSR count). The standard InChI is InChI=1S/C9H20N2O/c1-6-12-9(10)11(7(2)3)8(4)5/h7-8,10H,6H2,1-5H3/p+1. The first kappa shape index (κ1) is 11.3. The van der Waals surface area contributed by atoms with Crippen LogP contribution in [-0.4, -0.2) is 29.3 Å². The number of nitrogens with zero attached hydrogens (tertiary/aromatic N) is 1. The van der Waals surface area contributed by atoms with Crippen molar-refractivity contribution in [3.05, 3.63) is 0 Å². The fourth-order valence-electron chi connectivity index (χ4n) is 1.33. The molecule has 0 aliphatic rings.